The summed E-state index contributed by atoms with van der Waals surface area (Å²) in [7, 11) is 0. The Balaban J connectivity index is 2.23. The minimum absolute atomic E-state index is 0.297. The Labute approximate surface area is 151 Å². The van der Waals surface area contributed by atoms with Crippen molar-refractivity contribution in [2.24, 2.45) is 5.92 Å². The number of benzene rings is 2. The highest BCUT2D eigenvalue weighted by Crippen LogP contribution is 2.34. The molecule has 0 fully saturated rings. The third kappa shape index (κ3) is 5.40. The van der Waals surface area contributed by atoms with E-state index in [2.05, 4.69) is 5.32 Å². The van der Waals surface area contributed by atoms with Gasteiger partial charge in [-0.15, -0.1) is 0 Å². The molecule has 3 nitrogen and oxygen atoms in total. The van der Waals surface area contributed by atoms with Crippen LogP contribution in [-0.4, -0.2) is 21.4 Å². The molecular weight excluding hydrogens is 357 g/mol. The summed E-state index contributed by atoms with van der Waals surface area (Å²) in [6.07, 6.45) is -1.28. The summed E-state index contributed by atoms with van der Waals surface area (Å²) in [5.41, 5.74) is 0. The van der Waals surface area contributed by atoms with Gasteiger partial charge in [-0.2, -0.15) is 0 Å². The molecule has 2 N–H and O–H groups in total. The number of hydrogen-bond donors (Lipinski definition) is 2. The zero-order valence-corrected chi connectivity index (χ0v) is 15.2. The van der Waals surface area contributed by atoms with Gasteiger partial charge in [-0.25, -0.2) is 0 Å². The molecule has 6 heteroatoms. The summed E-state index contributed by atoms with van der Waals surface area (Å²) in [6.45, 7) is 4.00. The van der Waals surface area contributed by atoms with E-state index in [0.717, 1.165) is 10.8 Å². The first-order chi connectivity index (χ1) is 10.8. The van der Waals surface area contributed by atoms with Gasteiger partial charge >= 0.3 is 0 Å². The molecule has 23 heavy (non-hydrogen) atoms. The Morgan fingerprint density at radius 2 is 1.74 bits per heavy atom. The summed E-state index contributed by atoms with van der Waals surface area (Å²) >= 11 is 18.0. The smallest absolute Gasteiger partial charge is 0.240 e. The highest BCUT2D eigenvalue weighted by Gasteiger charge is 2.36. The average molecular weight is 377 g/mol. The second kappa shape index (κ2) is 7.91. The van der Waals surface area contributed by atoms with Gasteiger partial charge < -0.3 is 9.84 Å². The largest absolute Gasteiger partial charge is 0.470 e. The Bertz CT molecular complexity index is 638. The summed E-state index contributed by atoms with van der Waals surface area (Å²) in [6, 6.07) is 13.4. The van der Waals surface area contributed by atoms with Crippen LogP contribution in [0.1, 0.15) is 20.3 Å². The zero-order chi connectivity index (χ0) is 17.0. The minimum Gasteiger partial charge on any atom is -0.470 e. The van der Waals surface area contributed by atoms with Crippen LogP contribution in [0.2, 0.25) is 0 Å². The SMILES string of the molecule is CC(C)C[C@H](O)N[C@H](Oc1cccc2ccccc12)C(Cl)(Cl)Cl. The number of hydrogen-bond acceptors (Lipinski definition) is 3. The van der Waals surface area contributed by atoms with Crippen LogP contribution in [0, 0.1) is 5.92 Å². The number of nitrogens with one attached hydrogen (secondary N) is 1. The molecule has 0 saturated heterocycles. The quantitative estimate of drug-likeness (QED) is 0.558. The molecule has 0 aromatic heterocycles. The van der Waals surface area contributed by atoms with Crippen LogP contribution in [0.25, 0.3) is 10.8 Å². The van der Waals surface area contributed by atoms with Crippen LogP contribution in [-0.2, 0) is 0 Å². The van der Waals surface area contributed by atoms with E-state index in [1.807, 2.05) is 56.3 Å². The fraction of sp³-hybridized carbons (Fsp3) is 0.412. The van der Waals surface area contributed by atoms with Crippen molar-refractivity contribution < 1.29 is 9.84 Å². The Kier molecular flexibility index (Phi) is 6.40. The molecule has 0 unspecified atom stereocenters. The number of ether oxygens (including phenoxy) is 1. The van der Waals surface area contributed by atoms with E-state index in [-0.39, 0.29) is 0 Å². The van der Waals surface area contributed by atoms with Crippen molar-refractivity contribution in [2.45, 2.75) is 36.5 Å². The zero-order valence-electron chi connectivity index (χ0n) is 13.0. The standard InChI is InChI=1S/C17H20Cl3NO2/c1-11(2)10-15(22)21-16(17(18,19)20)23-14-9-5-7-12-6-3-4-8-13(12)14/h3-9,11,15-16,21-22H,10H2,1-2H3/t15-,16+/m0/s1. The molecule has 0 saturated carbocycles. The topological polar surface area (TPSA) is 41.5 Å². The van der Waals surface area contributed by atoms with Gasteiger partial charge in [0.15, 0.2) is 6.23 Å². The number of aliphatic hydroxyl groups is 1. The normalized spacial score (nSPS) is 14.9. The average Bonchev–Trinajstić information content (AvgIpc) is 2.45. The van der Waals surface area contributed by atoms with Gasteiger partial charge in [-0.1, -0.05) is 85.0 Å². The first kappa shape index (κ1) is 18.6. The van der Waals surface area contributed by atoms with Crippen molar-refractivity contribution in [3.63, 3.8) is 0 Å². The van der Waals surface area contributed by atoms with Crippen molar-refractivity contribution in [1.82, 2.24) is 5.32 Å². The maximum Gasteiger partial charge on any atom is 0.240 e. The van der Waals surface area contributed by atoms with Gasteiger partial charge in [0, 0.05) is 5.39 Å². The Hall–Kier alpha value is -0.710. The first-order valence-electron chi connectivity index (χ1n) is 7.42. The highest BCUT2D eigenvalue weighted by atomic mass is 35.6. The van der Waals surface area contributed by atoms with E-state index in [1.165, 1.54) is 0 Å². The monoisotopic (exact) mass is 375 g/mol. The fourth-order valence-corrected chi connectivity index (χ4v) is 2.63. The molecule has 2 atom stereocenters. The number of rotatable bonds is 6. The number of fused-ring (bicyclic) bond motifs is 1. The number of halogens is 3. The molecule has 2 aromatic rings. The van der Waals surface area contributed by atoms with E-state index in [0.29, 0.717) is 18.1 Å². The lowest BCUT2D eigenvalue weighted by atomic mass is 10.1. The molecule has 0 aliphatic heterocycles. The summed E-state index contributed by atoms with van der Waals surface area (Å²) in [5, 5.41) is 14.9. The fourth-order valence-electron chi connectivity index (χ4n) is 2.31. The lowest BCUT2D eigenvalue weighted by Crippen LogP contribution is -2.50. The van der Waals surface area contributed by atoms with Crippen molar-refractivity contribution in [3.05, 3.63) is 42.5 Å². The Morgan fingerprint density at radius 1 is 1.09 bits per heavy atom. The maximum absolute atomic E-state index is 10.1. The van der Waals surface area contributed by atoms with Gasteiger partial charge in [0.05, 0.1) is 0 Å². The Morgan fingerprint density at radius 3 is 2.39 bits per heavy atom. The molecule has 0 spiro atoms. The second-order valence-electron chi connectivity index (χ2n) is 5.83. The molecule has 0 heterocycles. The lowest BCUT2D eigenvalue weighted by Gasteiger charge is -2.29. The molecule has 2 rings (SSSR count). The van der Waals surface area contributed by atoms with Crippen molar-refractivity contribution in [2.75, 3.05) is 0 Å². The second-order valence-corrected chi connectivity index (χ2v) is 8.20. The molecule has 126 valence electrons. The van der Waals surface area contributed by atoms with E-state index in [9.17, 15) is 5.11 Å². The van der Waals surface area contributed by atoms with Crippen LogP contribution >= 0.6 is 34.8 Å². The molecule has 0 aliphatic carbocycles. The van der Waals surface area contributed by atoms with E-state index in [1.54, 1.807) is 0 Å². The van der Waals surface area contributed by atoms with Crippen molar-refractivity contribution in [3.8, 4) is 5.75 Å². The highest BCUT2D eigenvalue weighted by molar-refractivity contribution is 6.68. The lowest BCUT2D eigenvalue weighted by molar-refractivity contribution is 0.0458. The van der Waals surface area contributed by atoms with E-state index >= 15 is 0 Å². The third-order valence-corrected chi connectivity index (χ3v) is 3.92. The van der Waals surface area contributed by atoms with Crippen LogP contribution in [0.5, 0.6) is 5.75 Å². The minimum atomic E-state index is -1.73. The molecule has 2 aromatic carbocycles. The third-order valence-electron chi connectivity index (χ3n) is 3.33. The van der Waals surface area contributed by atoms with Crippen molar-refractivity contribution >= 4 is 45.6 Å². The van der Waals surface area contributed by atoms with Crippen molar-refractivity contribution in [1.29, 1.82) is 0 Å². The predicted molar refractivity (Wildman–Crippen MR) is 97.3 cm³/mol. The van der Waals surface area contributed by atoms with Gasteiger partial charge in [0.1, 0.15) is 12.0 Å². The molecule has 0 amide bonds. The molecule has 0 radical (unpaired) electrons. The van der Waals surface area contributed by atoms with Crippen LogP contribution in [0.15, 0.2) is 42.5 Å². The summed E-state index contributed by atoms with van der Waals surface area (Å²) in [4.78, 5) is 0. The number of aliphatic hydroxyl groups excluding tert-OH is 1. The summed E-state index contributed by atoms with van der Waals surface area (Å²) in [5.74, 6) is 0.884. The van der Waals surface area contributed by atoms with Gasteiger partial charge in [-0.05, 0) is 23.8 Å². The summed E-state index contributed by atoms with van der Waals surface area (Å²) < 4.78 is 4.15. The molecular formula is C17H20Cl3NO2. The maximum atomic E-state index is 10.1. The van der Waals surface area contributed by atoms with Crippen LogP contribution < -0.4 is 10.1 Å². The van der Waals surface area contributed by atoms with Crippen LogP contribution in [0.3, 0.4) is 0 Å². The van der Waals surface area contributed by atoms with E-state index < -0.39 is 16.2 Å². The van der Waals surface area contributed by atoms with Gasteiger partial charge in [-0.3, -0.25) is 5.32 Å². The first-order valence-corrected chi connectivity index (χ1v) is 8.56. The van der Waals surface area contributed by atoms with E-state index in [4.69, 9.17) is 39.5 Å². The molecule has 0 aliphatic rings. The predicted octanol–water partition coefficient (Wildman–Crippen LogP) is 4.87. The van der Waals surface area contributed by atoms with Gasteiger partial charge in [0.2, 0.25) is 3.79 Å². The van der Waals surface area contributed by atoms with Crippen LogP contribution in [0.4, 0.5) is 0 Å². The number of alkyl halides is 3. The molecule has 0 bridgehead atoms. The van der Waals surface area contributed by atoms with Gasteiger partial charge in [0.25, 0.3) is 0 Å².